The van der Waals surface area contributed by atoms with Crippen LogP contribution in [0.4, 0.5) is 0 Å². The van der Waals surface area contributed by atoms with E-state index in [0.29, 0.717) is 0 Å². The van der Waals surface area contributed by atoms with E-state index in [4.69, 9.17) is 0 Å². The van der Waals surface area contributed by atoms with E-state index < -0.39 is 8.32 Å². The van der Waals surface area contributed by atoms with Crippen LogP contribution in [0.15, 0.2) is 30.3 Å². The van der Waals surface area contributed by atoms with Crippen molar-refractivity contribution in [1.29, 1.82) is 0 Å². The van der Waals surface area contributed by atoms with Crippen LogP contribution in [0.5, 0.6) is 0 Å². The largest absolute Gasteiger partial charge is 0.427 e. The van der Waals surface area contributed by atoms with E-state index in [1.807, 2.05) is 18.2 Å². The van der Waals surface area contributed by atoms with E-state index >= 15 is 0 Å². The van der Waals surface area contributed by atoms with Gasteiger partial charge in [0.25, 0.3) is 0 Å². The van der Waals surface area contributed by atoms with Gasteiger partial charge in [-0.05, 0) is 17.3 Å². The second kappa shape index (κ2) is 5.32. The van der Waals surface area contributed by atoms with Gasteiger partial charge in [0.2, 0.25) is 8.32 Å². The van der Waals surface area contributed by atoms with E-state index in [1.54, 1.807) is 0 Å². The molecule has 78 valence electrons. The molecule has 0 radical (unpaired) electrons. The average molecular weight is 208 g/mol. The van der Waals surface area contributed by atoms with E-state index in [0.717, 1.165) is 18.5 Å². The molecule has 0 aromatic heterocycles. The number of benzene rings is 1. The van der Waals surface area contributed by atoms with Gasteiger partial charge in [-0.1, -0.05) is 57.0 Å². The molecule has 1 atom stereocenters. The predicted octanol–water partition coefficient (Wildman–Crippen LogP) is 2.65. The lowest BCUT2D eigenvalue weighted by Crippen LogP contribution is -2.47. The molecule has 1 aromatic rings. The lowest BCUT2D eigenvalue weighted by molar-refractivity contribution is 0.542. The minimum Gasteiger partial charge on any atom is -0.427 e. The van der Waals surface area contributed by atoms with Crippen molar-refractivity contribution in [3.63, 3.8) is 0 Å². The summed E-state index contributed by atoms with van der Waals surface area (Å²) in [7, 11) is -2.12. The van der Waals surface area contributed by atoms with Crippen LogP contribution in [0.2, 0.25) is 12.1 Å². The van der Waals surface area contributed by atoms with Gasteiger partial charge >= 0.3 is 0 Å². The van der Waals surface area contributed by atoms with Crippen molar-refractivity contribution < 1.29 is 4.80 Å². The summed E-state index contributed by atoms with van der Waals surface area (Å²) in [5.41, 5.74) is 0. The summed E-state index contributed by atoms with van der Waals surface area (Å²) < 4.78 is 0. The quantitative estimate of drug-likeness (QED) is 0.738. The summed E-state index contributed by atoms with van der Waals surface area (Å²) in [6, 6.07) is 12.1. The van der Waals surface area contributed by atoms with Crippen LogP contribution in [0, 0.1) is 0 Å². The first kappa shape index (κ1) is 11.5. The second-order valence-electron chi connectivity index (χ2n) is 3.85. The molecule has 0 aliphatic heterocycles. The molecule has 2 heteroatoms. The number of unbranched alkanes of at least 4 members (excludes halogenated alkanes) is 1. The Morgan fingerprint density at radius 1 is 1.14 bits per heavy atom. The summed E-state index contributed by atoms with van der Waals surface area (Å²) in [5, 5.41) is 1.19. The third kappa shape index (κ3) is 2.69. The molecule has 0 aliphatic rings. The van der Waals surface area contributed by atoms with Crippen LogP contribution in [-0.2, 0) is 0 Å². The van der Waals surface area contributed by atoms with Crippen molar-refractivity contribution in [2.45, 2.75) is 38.8 Å². The Morgan fingerprint density at radius 3 is 2.29 bits per heavy atom. The highest BCUT2D eigenvalue weighted by molar-refractivity contribution is 6.85. The zero-order valence-corrected chi connectivity index (χ0v) is 10.2. The van der Waals surface area contributed by atoms with Crippen LogP contribution in [-0.4, -0.2) is 13.1 Å². The molecule has 1 rings (SSSR count). The van der Waals surface area contributed by atoms with Gasteiger partial charge < -0.3 is 4.80 Å². The monoisotopic (exact) mass is 208 g/mol. The normalized spacial score (nSPS) is 15.1. The summed E-state index contributed by atoms with van der Waals surface area (Å²) in [6.45, 7) is 4.28. The molecule has 0 aliphatic carbocycles. The van der Waals surface area contributed by atoms with Gasteiger partial charge in [-0.15, -0.1) is 0 Å². The first-order valence-electron chi connectivity index (χ1n) is 5.51. The summed E-state index contributed by atoms with van der Waals surface area (Å²) in [6.07, 6.45) is 2.31. The van der Waals surface area contributed by atoms with Crippen molar-refractivity contribution in [2.24, 2.45) is 0 Å². The second-order valence-corrected chi connectivity index (χ2v) is 7.70. The third-order valence-corrected chi connectivity index (χ3v) is 6.60. The minimum absolute atomic E-state index is 0.928. The first-order chi connectivity index (χ1) is 6.73. The zero-order valence-electron chi connectivity index (χ0n) is 9.16. The zero-order chi connectivity index (χ0) is 10.4. The predicted molar refractivity (Wildman–Crippen MR) is 64.2 cm³/mol. The number of hydrogen-bond acceptors (Lipinski definition) is 1. The summed E-state index contributed by atoms with van der Waals surface area (Å²) >= 11 is 0. The molecule has 14 heavy (non-hydrogen) atoms. The molecule has 0 fully saturated rings. The highest BCUT2D eigenvalue weighted by atomic mass is 28.4. The average Bonchev–Trinajstić information content (AvgIpc) is 2.27. The molecule has 0 heterocycles. The highest BCUT2D eigenvalue weighted by Gasteiger charge is 2.29. The maximum Gasteiger partial charge on any atom is 0.219 e. The first-order valence-corrected chi connectivity index (χ1v) is 7.87. The number of rotatable bonds is 5. The van der Waals surface area contributed by atoms with E-state index in [-0.39, 0.29) is 0 Å². The van der Waals surface area contributed by atoms with E-state index in [9.17, 15) is 4.80 Å². The maximum absolute atomic E-state index is 10.6. The molecule has 0 spiro atoms. The molecule has 0 saturated carbocycles. The fourth-order valence-electron chi connectivity index (χ4n) is 1.74. The Bertz CT molecular complexity index is 260. The molecule has 1 unspecified atom stereocenters. The Balaban J connectivity index is 2.79. The lowest BCUT2D eigenvalue weighted by Gasteiger charge is -2.23. The topological polar surface area (TPSA) is 20.2 Å². The summed E-state index contributed by atoms with van der Waals surface area (Å²) in [5.74, 6) is 0. The van der Waals surface area contributed by atoms with Crippen LogP contribution in [0.3, 0.4) is 0 Å². The maximum atomic E-state index is 10.6. The number of hydrogen-bond donors (Lipinski definition) is 1. The van der Waals surface area contributed by atoms with Crippen LogP contribution in [0.25, 0.3) is 0 Å². The fraction of sp³-hybridized carbons (Fsp3) is 0.500. The van der Waals surface area contributed by atoms with Crippen molar-refractivity contribution in [3.8, 4) is 0 Å². The fourth-order valence-corrected chi connectivity index (χ4v) is 4.54. The molecule has 1 aromatic carbocycles. The molecule has 0 amide bonds. The lowest BCUT2D eigenvalue weighted by atomic mass is 10.4. The molecule has 0 bridgehead atoms. The van der Waals surface area contributed by atoms with Crippen LogP contribution >= 0.6 is 0 Å². The summed E-state index contributed by atoms with van der Waals surface area (Å²) in [4.78, 5) is 10.6. The van der Waals surface area contributed by atoms with Gasteiger partial charge in [0.1, 0.15) is 0 Å². The smallest absolute Gasteiger partial charge is 0.219 e. The molecule has 0 saturated heterocycles. The standard InChI is InChI=1S/C12H20OSi/c1-3-5-11-14(13,4-2)12-9-7-6-8-10-12/h6-10,13H,3-5,11H2,1-2H3. The van der Waals surface area contributed by atoms with E-state index in [1.165, 1.54) is 11.6 Å². The van der Waals surface area contributed by atoms with Gasteiger partial charge in [-0.2, -0.15) is 0 Å². The molecular weight excluding hydrogens is 188 g/mol. The van der Waals surface area contributed by atoms with E-state index in [2.05, 4.69) is 26.0 Å². The van der Waals surface area contributed by atoms with Gasteiger partial charge in [0.15, 0.2) is 0 Å². The Morgan fingerprint density at radius 2 is 1.79 bits per heavy atom. The van der Waals surface area contributed by atoms with Gasteiger partial charge in [0.05, 0.1) is 0 Å². The molecule has 1 nitrogen and oxygen atoms in total. The molecular formula is C12H20OSi. The SMILES string of the molecule is CCCC[Si](O)(CC)c1ccccc1. The Hall–Kier alpha value is -0.603. The Kier molecular flexibility index (Phi) is 4.36. The highest BCUT2D eigenvalue weighted by Crippen LogP contribution is 2.15. The van der Waals surface area contributed by atoms with Gasteiger partial charge in [-0.25, -0.2) is 0 Å². The van der Waals surface area contributed by atoms with Crippen molar-refractivity contribution in [1.82, 2.24) is 0 Å². The van der Waals surface area contributed by atoms with Crippen molar-refractivity contribution in [3.05, 3.63) is 30.3 Å². The van der Waals surface area contributed by atoms with Crippen molar-refractivity contribution >= 4 is 13.5 Å². The molecule has 1 N–H and O–H groups in total. The third-order valence-electron chi connectivity index (χ3n) is 2.84. The van der Waals surface area contributed by atoms with Crippen LogP contribution in [0.1, 0.15) is 26.7 Å². The van der Waals surface area contributed by atoms with Crippen molar-refractivity contribution in [2.75, 3.05) is 0 Å². The minimum atomic E-state index is -2.12. The Labute approximate surface area is 87.9 Å². The van der Waals surface area contributed by atoms with Gasteiger partial charge in [0, 0.05) is 0 Å². The van der Waals surface area contributed by atoms with Crippen LogP contribution < -0.4 is 5.19 Å². The van der Waals surface area contributed by atoms with Gasteiger partial charge in [-0.3, -0.25) is 0 Å².